The van der Waals surface area contributed by atoms with Gasteiger partial charge in [0.1, 0.15) is 0 Å². The van der Waals surface area contributed by atoms with Crippen molar-refractivity contribution in [3.8, 4) is 0 Å². The summed E-state index contributed by atoms with van der Waals surface area (Å²) in [6, 6.07) is 0.445. The van der Waals surface area contributed by atoms with E-state index in [4.69, 9.17) is 4.74 Å². The van der Waals surface area contributed by atoms with Crippen LogP contribution in [-0.2, 0) is 4.74 Å². The first kappa shape index (κ1) is 12.7. The summed E-state index contributed by atoms with van der Waals surface area (Å²) >= 11 is 0. The van der Waals surface area contributed by atoms with Crippen LogP contribution >= 0.6 is 0 Å². The van der Waals surface area contributed by atoms with Crippen LogP contribution in [0.15, 0.2) is 0 Å². The summed E-state index contributed by atoms with van der Waals surface area (Å²) in [5.74, 6) is 0. The van der Waals surface area contributed by atoms with Gasteiger partial charge in [-0.2, -0.15) is 0 Å². The van der Waals surface area contributed by atoms with Gasteiger partial charge >= 0.3 is 6.09 Å². The van der Waals surface area contributed by atoms with Crippen LogP contribution in [0.1, 0.15) is 64.2 Å². The molecular formula is C14H25NO2. The number of rotatable bonds is 1. The van der Waals surface area contributed by atoms with Crippen molar-refractivity contribution in [1.29, 1.82) is 0 Å². The molecular weight excluding hydrogens is 214 g/mol. The number of amides is 1. The molecule has 3 nitrogen and oxygen atoms in total. The van der Waals surface area contributed by atoms with Crippen molar-refractivity contribution in [2.45, 2.75) is 70.3 Å². The van der Waals surface area contributed by atoms with Crippen molar-refractivity contribution in [2.24, 2.45) is 0 Å². The van der Waals surface area contributed by atoms with Crippen molar-refractivity contribution in [3.05, 3.63) is 0 Å². The smallest absolute Gasteiger partial charge is 0.410 e. The lowest BCUT2D eigenvalue weighted by Gasteiger charge is -2.33. The average Bonchev–Trinajstić information content (AvgIpc) is 2.26. The van der Waals surface area contributed by atoms with Crippen LogP contribution in [0.5, 0.6) is 0 Å². The number of nitrogens with zero attached hydrogens (tertiary/aromatic N) is 1. The van der Waals surface area contributed by atoms with E-state index in [-0.39, 0.29) is 6.09 Å². The summed E-state index contributed by atoms with van der Waals surface area (Å²) in [5.41, 5.74) is 0. The third kappa shape index (κ3) is 3.90. The van der Waals surface area contributed by atoms with Crippen LogP contribution in [0, 0.1) is 0 Å². The van der Waals surface area contributed by atoms with Gasteiger partial charge in [-0.3, -0.25) is 0 Å². The van der Waals surface area contributed by atoms with Crippen LogP contribution < -0.4 is 0 Å². The Labute approximate surface area is 105 Å². The number of carbonyl (C=O) groups is 1. The highest BCUT2D eigenvalue weighted by molar-refractivity contribution is 5.68. The fourth-order valence-corrected chi connectivity index (χ4v) is 2.97. The molecule has 0 spiro atoms. The maximum absolute atomic E-state index is 12.0. The van der Waals surface area contributed by atoms with Crippen molar-refractivity contribution in [3.63, 3.8) is 0 Å². The molecule has 0 aromatic heterocycles. The van der Waals surface area contributed by atoms with E-state index in [1.807, 2.05) is 4.90 Å². The molecule has 0 aromatic rings. The Bertz CT molecular complexity index is 234. The Balaban J connectivity index is 1.92. The first-order valence-electron chi connectivity index (χ1n) is 7.31. The molecule has 1 saturated carbocycles. The molecule has 2 fully saturated rings. The van der Waals surface area contributed by atoms with Crippen LogP contribution in [0.2, 0.25) is 0 Å². The third-order valence-electron chi connectivity index (χ3n) is 4.02. The average molecular weight is 239 g/mol. The van der Waals surface area contributed by atoms with E-state index in [1.54, 1.807) is 0 Å². The highest BCUT2D eigenvalue weighted by Crippen LogP contribution is 2.23. The van der Waals surface area contributed by atoms with Crippen molar-refractivity contribution in [1.82, 2.24) is 4.90 Å². The summed E-state index contributed by atoms with van der Waals surface area (Å²) in [7, 11) is 0. The first-order chi connectivity index (χ1) is 8.38. The minimum absolute atomic E-state index is 0.0599. The quantitative estimate of drug-likeness (QED) is 0.698. The molecule has 0 bridgehead atoms. The van der Waals surface area contributed by atoms with E-state index in [0.29, 0.717) is 12.6 Å². The van der Waals surface area contributed by atoms with Gasteiger partial charge < -0.3 is 9.64 Å². The minimum atomic E-state index is -0.0599. The molecule has 17 heavy (non-hydrogen) atoms. The summed E-state index contributed by atoms with van der Waals surface area (Å²) < 4.78 is 5.31. The van der Waals surface area contributed by atoms with Crippen molar-refractivity contribution in [2.75, 3.05) is 13.2 Å². The van der Waals surface area contributed by atoms with Crippen LogP contribution in [0.25, 0.3) is 0 Å². The SMILES string of the molecule is O=C1OCCCCCN1C1CCCCCCC1. The van der Waals surface area contributed by atoms with Gasteiger partial charge in [0.15, 0.2) is 0 Å². The highest BCUT2D eigenvalue weighted by atomic mass is 16.6. The van der Waals surface area contributed by atoms with E-state index >= 15 is 0 Å². The van der Waals surface area contributed by atoms with E-state index in [1.165, 1.54) is 51.4 Å². The lowest BCUT2D eigenvalue weighted by atomic mass is 9.95. The largest absolute Gasteiger partial charge is 0.449 e. The maximum atomic E-state index is 12.0. The predicted octanol–water partition coefficient (Wildman–Crippen LogP) is 3.72. The molecule has 1 aliphatic heterocycles. The predicted molar refractivity (Wildman–Crippen MR) is 68.0 cm³/mol. The van der Waals surface area contributed by atoms with E-state index in [9.17, 15) is 4.79 Å². The Morgan fingerprint density at radius 1 is 0.882 bits per heavy atom. The topological polar surface area (TPSA) is 29.5 Å². The number of hydrogen-bond donors (Lipinski definition) is 0. The molecule has 3 heteroatoms. The monoisotopic (exact) mass is 239 g/mol. The molecule has 0 N–H and O–H groups in total. The van der Waals surface area contributed by atoms with E-state index < -0.39 is 0 Å². The van der Waals surface area contributed by atoms with Gasteiger partial charge in [0.25, 0.3) is 0 Å². The molecule has 0 atom stereocenters. The summed E-state index contributed by atoms with van der Waals surface area (Å²) in [5, 5.41) is 0. The fraction of sp³-hybridized carbons (Fsp3) is 0.929. The van der Waals surface area contributed by atoms with Crippen LogP contribution in [-0.4, -0.2) is 30.2 Å². The highest BCUT2D eigenvalue weighted by Gasteiger charge is 2.25. The summed E-state index contributed by atoms with van der Waals surface area (Å²) in [6.45, 7) is 1.52. The number of carbonyl (C=O) groups excluding carboxylic acids is 1. The Kier molecular flexibility index (Phi) is 5.14. The van der Waals surface area contributed by atoms with E-state index in [0.717, 1.165) is 19.4 Å². The fourth-order valence-electron chi connectivity index (χ4n) is 2.97. The van der Waals surface area contributed by atoms with Crippen molar-refractivity contribution >= 4 is 6.09 Å². The second-order valence-electron chi connectivity index (χ2n) is 5.37. The van der Waals surface area contributed by atoms with Crippen LogP contribution in [0.3, 0.4) is 0 Å². The van der Waals surface area contributed by atoms with Gasteiger partial charge in [0, 0.05) is 12.6 Å². The van der Waals surface area contributed by atoms with Gasteiger partial charge in [-0.1, -0.05) is 32.1 Å². The van der Waals surface area contributed by atoms with Gasteiger partial charge in [0.05, 0.1) is 6.61 Å². The molecule has 0 radical (unpaired) electrons. The van der Waals surface area contributed by atoms with Gasteiger partial charge in [-0.05, 0) is 32.1 Å². The zero-order valence-corrected chi connectivity index (χ0v) is 10.8. The molecule has 0 unspecified atom stereocenters. The Morgan fingerprint density at radius 2 is 1.53 bits per heavy atom. The standard InChI is InChI=1S/C14H25NO2/c16-14-15(11-7-4-8-12-17-14)13-9-5-2-1-3-6-10-13/h13H,1-12H2. The molecule has 1 saturated heterocycles. The zero-order chi connectivity index (χ0) is 11.9. The molecule has 98 valence electrons. The minimum Gasteiger partial charge on any atom is -0.449 e. The van der Waals surface area contributed by atoms with Gasteiger partial charge in [-0.25, -0.2) is 4.79 Å². The molecule has 1 aliphatic carbocycles. The van der Waals surface area contributed by atoms with Crippen LogP contribution in [0.4, 0.5) is 4.79 Å². The lowest BCUT2D eigenvalue weighted by molar-refractivity contribution is 0.0692. The second-order valence-corrected chi connectivity index (χ2v) is 5.37. The Hall–Kier alpha value is -0.730. The lowest BCUT2D eigenvalue weighted by Crippen LogP contribution is -2.42. The molecule has 1 heterocycles. The van der Waals surface area contributed by atoms with Gasteiger partial charge in [-0.15, -0.1) is 0 Å². The first-order valence-corrected chi connectivity index (χ1v) is 7.31. The zero-order valence-electron chi connectivity index (χ0n) is 10.8. The third-order valence-corrected chi connectivity index (χ3v) is 4.02. The molecule has 2 rings (SSSR count). The molecule has 2 aliphatic rings. The molecule has 0 aromatic carbocycles. The summed E-state index contributed by atoms with van der Waals surface area (Å²) in [6.07, 6.45) is 12.2. The number of ether oxygens (including phenoxy) is 1. The Morgan fingerprint density at radius 3 is 2.29 bits per heavy atom. The number of cyclic esters (lactones) is 1. The maximum Gasteiger partial charge on any atom is 0.410 e. The van der Waals surface area contributed by atoms with Crippen molar-refractivity contribution < 1.29 is 9.53 Å². The molecule has 1 amide bonds. The van der Waals surface area contributed by atoms with Gasteiger partial charge in [0.2, 0.25) is 0 Å². The number of hydrogen-bond acceptors (Lipinski definition) is 2. The second kappa shape index (κ2) is 6.87. The van der Waals surface area contributed by atoms with E-state index in [2.05, 4.69) is 0 Å². The normalized spacial score (nSPS) is 25.4. The summed E-state index contributed by atoms with van der Waals surface area (Å²) in [4.78, 5) is 14.0.